The third-order valence-electron chi connectivity index (χ3n) is 3.07. The van der Waals surface area contributed by atoms with Gasteiger partial charge in [0.25, 0.3) is 0 Å². The molecule has 1 fully saturated rings. The highest BCUT2D eigenvalue weighted by Gasteiger charge is 2.24. The molecule has 15 heavy (non-hydrogen) atoms. The normalized spacial score (nSPS) is 21.2. The lowest BCUT2D eigenvalue weighted by Gasteiger charge is -2.12. The third kappa shape index (κ3) is 1.92. The van der Waals surface area contributed by atoms with E-state index in [2.05, 4.69) is 21.4 Å². The van der Waals surface area contributed by atoms with Crippen molar-refractivity contribution in [2.45, 2.75) is 25.2 Å². The molecule has 0 atom stereocenters. The van der Waals surface area contributed by atoms with Crippen LogP contribution >= 0.6 is 0 Å². The highest BCUT2D eigenvalue weighted by atomic mass is 14.9. The van der Waals surface area contributed by atoms with Gasteiger partial charge in [0.05, 0.1) is 0 Å². The number of aromatic nitrogens is 2. The molecule has 2 heterocycles. The van der Waals surface area contributed by atoms with Crippen molar-refractivity contribution in [1.29, 1.82) is 0 Å². The van der Waals surface area contributed by atoms with Crippen LogP contribution in [0.2, 0.25) is 0 Å². The molecule has 3 nitrogen and oxygen atoms in total. The Kier molecular flexibility index (Phi) is 2.25. The van der Waals surface area contributed by atoms with Gasteiger partial charge in [0, 0.05) is 18.9 Å². The first-order valence-corrected chi connectivity index (χ1v) is 5.65. The summed E-state index contributed by atoms with van der Waals surface area (Å²) < 4.78 is 0. The average Bonchev–Trinajstić information content (AvgIpc) is 3.15. The molecule has 78 valence electrons. The van der Waals surface area contributed by atoms with Gasteiger partial charge >= 0.3 is 0 Å². The zero-order valence-electron chi connectivity index (χ0n) is 8.74. The summed E-state index contributed by atoms with van der Waals surface area (Å²) in [7, 11) is 0. The number of rotatable bonds is 2. The van der Waals surface area contributed by atoms with Gasteiger partial charge in [-0.2, -0.15) is 0 Å². The molecule has 0 bridgehead atoms. The van der Waals surface area contributed by atoms with Crippen LogP contribution in [0.4, 0.5) is 0 Å². The lowest BCUT2D eigenvalue weighted by molar-refractivity contribution is 0.734. The van der Waals surface area contributed by atoms with E-state index in [9.17, 15) is 0 Å². The van der Waals surface area contributed by atoms with Gasteiger partial charge in [-0.25, -0.2) is 9.97 Å². The molecule has 1 saturated carbocycles. The topological polar surface area (TPSA) is 37.8 Å². The van der Waals surface area contributed by atoms with Crippen molar-refractivity contribution >= 4 is 5.57 Å². The van der Waals surface area contributed by atoms with Gasteiger partial charge < -0.3 is 5.32 Å². The zero-order valence-corrected chi connectivity index (χ0v) is 8.74. The minimum atomic E-state index is 0.751. The molecule has 3 heteroatoms. The van der Waals surface area contributed by atoms with Crippen molar-refractivity contribution in [3.63, 3.8) is 0 Å². The first-order chi connectivity index (χ1) is 7.43. The Labute approximate surface area is 89.6 Å². The molecule has 1 aliphatic heterocycles. The minimum Gasteiger partial charge on any atom is -0.313 e. The smallest absolute Gasteiger partial charge is 0.154 e. The molecular weight excluding hydrogens is 186 g/mol. The van der Waals surface area contributed by atoms with E-state index in [0.29, 0.717) is 0 Å². The van der Waals surface area contributed by atoms with Gasteiger partial charge in [0.15, 0.2) is 5.82 Å². The summed E-state index contributed by atoms with van der Waals surface area (Å²) in [6, 6.07) is 0. The fourth-order valence-corrected chi connectivity index (χ4v) is 1.96. The van der Waals surface area contributed by atoms with Crippen molar-refractivity contribution in [2.75, 3.05) is 13.1 Å². The van der Waals surface area contributed by atoms with Crippen molar-refractivity contribution in [3.05, 3.63) is 29.9 Å². The summed E-state index contributed by atoms with van der Waals surface area (Å²) in [5.41, 5.74) is 2.60. The van der Waals surface area contributed by atoms with Crippen molar-refractivity contribution in [3.8, 4) is 0 Å². The van der Waals surface area contributed by atoms with Gasteiger partial charge in [-0.1, -0.05) is 6.08 Å². The van der Waals surface area contributed by atoms with Gasteiger partial charge in [0.1, 0.15) is 0 Å². The molecule has 2 aliphatic rings. The first-order valence-electron chi connectivity index (χ1n) is 5.65. The second kappa shape index (κ2) is 3.74. The monoisotopic (exact) mass is 201 g/mol. The maximum absolute atomic E-state index is 4.46. The van der Waals surface area contributed by atoms with Gasteiger partial charge in [-0.05, 0) is 42.9 Å². The second-order valence-electron chi connectivity index (χ2n) is 4.30. The van der Waals surface area contributed by atoms with Crippen LogP contribution in [0.15, 0.2) is 18.5 Å². The van der Waals surface area contributed by atoms with E-state index in [0.717, 1.165) is 31.3 Å². The molecule has 0 aromatic carbocycles. The SMILES string of the molecule is C1=C(c2ncc(C3CC3)cn2)CCNC1. The Morgan fingerprint density at radius 2 is 2.00 bits per heavy atom. The minimum absolute atomic E-state index is 0.751. The first kappa shape index (κ1) is 9.04. The van der Waals surface area contributed by atoms with Crippen LogP contribution in [0.3, 0.4) is 0 Å². The zero-order chi connectivity index (χ0) is 10.1. The highest BCUT2D eigenvalue weighted by molar-refractivity contribution is 5.60. The number of hydrogen-bond acceptors (Lipinski definition) is 3. The largest absolute Gasteiger partial charge is 0.313 e. The predicted molar refractivity (Wildman–Crippen MR) is 59.5 cm³/mol. The van der Waals surface area contributed by atoms with Crippen LogP contribution in [0.5, 0.6) is 0 Å². The standard InChI is InChI=1S/C12H15N3/c1-2-9(1)11-7-14-12(15-8-11)10-3-5-13-6-4-10/h3,7-9,13H,1-2,4-6H2. The van der Waals surface area contributed by atoms with E-state index in [-0.39, 0.29) is 0 Å². The molecule has 0 saturated heterocycles. The Morgan fingerprint density at radius 3 is 2.60 bits per heavy atom. The van der Waals surface area contributed by atoms with E-state index in [1.165, 1.54) is 24.0 Å². The Hall–Kier alpha value is -1.22. The molecule has 1 aromatic rings. The average molecular weight is 201 g/mol. The van der Waals surface area contributed by atoms with Gasteiger partial charge in [-0.15, -0.1) is 0 Å². The van der Waals surface area contributed by atoms with E-state index in [1.54, 1.807) is 0 Å². The summed E-state index contributed by atoms with van der Waals surface area (Å²) in [4.78, 5) is 8.91. The Balaban J connectivity index is 1.82. The van der Waals surface area contributed by atoms with Crippen LogP contribution in [0.1, 0.15) is 36.6 Å². The number of nitrogens with one attached hydrogen (secondary N) is 1. The van der Waals surface area contributed by atoms with Crippen LogP contribution in [0.25, 0.3) is 5.57 Å². The predicted octanol–water partition coefficient (Wildman–Crippen LogP) is 1.73. The molecule has 0 spiro atoms. The summed E-state index contributed by atoms with van der Waals surface area (Å²) in [5.74, 6) is 1.67. The molecule has 0 radical (unpaired) electrons. The van der Waals surface area contributed by atoms with Crippen LogP contribution in [-0.2, 0) is 0 Å². The van der Waals surface area contributed by atoms with Crippen LogP contribution < -0.4 is 5.32 Å². The quantitative estimate of drug-likeness (QED) is 0.792. The molecule has 1 aliphatic carbocycles. The molecule has 0 unspecified atom stereocenters. The Bertz CT molecular complexity index is 376. The van der Waals surface area contributed by atoms with Crippen molar-refractivity contribution < 1.29 is 0 Å². The second-order valence-corrected chi connectivity index (χ2v) is 4.30. The fourth-order valence-electron chi connectivity index (χ4n) is 1.96. The maximum Gasteiger partial charge on any atom is 0.154 e. The molecule has 1 N–H and O–H groups in total. The fraction of sp³-hybridized carbons (Fsp3) is 0.500. The van der Waals surface area contributed by atoms with Crippen LogP contribution in [0, 0.1) is 0 Å². The summed E-state index contributed by atoms with van der Waals surface area (Å²) in [5, 5.41) is 3.29. The number of hydrogen-bond donors (Lipinski definition) is 1. The maximum atomic E-state index is 4.46. The molecule has 0 amide bonds. The highest BCUT2D eigenvalue weighted by Crippen LogP contribution is 2.39. The van der Waals surface area contributed by atoms with E-state index in [4.69, 9.17) is 0 Å². The summed E-state index contributed by atoms with van der Waals surface area (Å²) in [6.45, 7) is 1.99. The molecule has 1 aromatic heterocycles. The summed E-state index contributed by atoms with van der Waals surface area (Å²) in [6.07, 6.45) is 9.87. The third-order valence-corrected chi connectivity index (χ3v) is 3.07. The van der Waals surface area contributed by atoms with Gasteiger partial charge in [0.2, 0.25) is 0 Å². The van der Waals surface area contributed by atoms with E-state index < -0.39 is 0 Å². The summed E-state index contributed by atoms with van der Waals surface area (Å²) >= 11 is 0. The molecular formula is C12H15N3. The number of nitrogens with zero attached hydrogens (tertiary/aromatic N) is 2. The lowest BCUT2D eigenvalue weighted by Crippen LogP contribution is -2.20. The van der Waals surface area contributed by atoms with Gasteiger partial charge in [-0.3, -0.25) is 0 Å². The molecule has 3 rings (SSSR count). The van der Waals surface area contributed by atoms with E-state index in [1.807, 2.05) is 12.4 Å². The van der Waals surface area contributed by atoms with Crippen LogP contribution in [-0.4, -0.2) is 23.1 Å². The van der Waals surface area contributed by atoms with E-state index >= 15 is 0 Å². The van der Waals surface area contributed by atoms with Crippen molar-refractivity contribution in [2.24, 2.45) is 0 Å². The lowest BCUT2D eigenvalue weighted by atomic mass is 10.1. The Morgan fingerprint density at radius 1 is 1.20 bits per heavy atom. The van der Waals surface area contributed by atoms with Crippen molar-refractivity contribution in [1.82, 2.24) is 15.3 Å².